The number of nitrogens with zero attached hydrogens (tertiary/aromatic N) is 2. The van der Waals surface area contributed by atoms with Gasteiger partial charge in [0.05, 0.1) is 19.3 Å². The van der Waals surface area contributed by atoms with E-state index in [1.165, 1.54) is 0 Å². The molecule has 1 heterocycles. The first-order valence-corrected chi connectivity index (χ1v) is 7.10. The Hall–Kier alpha value is -2.08. The van der Waals surface area contributed by atoms with Crippen molar-refractivity contribution in [3.8, 4) is 23.0 Å². The minimum atomic E-state index is 0.0142. The second kappa shape index (κ2) is 7.08. The maximum absolute atomic E-state index is 5.67. The zero-order chi connectivity index (χ0) is 15.2. The standard InChI is InChI=1S/C15H21N3O3/c1-5-19-12-8-7-11(9-13(12)20-6-2)15-18-17-14(21-15)10(3)16-4/h7-10,16H,5-6H2,1-4H3. The summed E-state index contributed by atoms with van der Waals surface area (Å²) < 4.78 is 16.8. The average molecular weight is 291 g/mol. The molecule has 2 aromatic rings. The molecule has 0 spiro atoms. The van der Waals surface area contributed by atoms with Crippen LogP contribution in [0.1, 0.15) is 32.7 Å². The zero-order valence-electron chi connectivity index (χ0n) is 12.8. The maximum atomic E-state index is 5.67. The summed E-state index contributed by atoms with van der Waals surface area (Å²) in [5.41, 5.74) is 0.809. The molecule has 0 aliphatic heterocycles. The Labute approximate surface area is 124 Å². The van der Waals surface area contributed by atoms with E-state index in [0.717, 1.165) is 5.56 Å². The molecule has 0 saturated heterocycles. The topological polar surface area (TPSA) is 69.4 Å². The molecule has 0 radical (unpaired) electrons. The van der Waals surface area contributed by atoms with Crippen LogP contribution in [0.15, 0.2) is 22.6 Å². The maximum Gasteiger partial charge on any atom is 0.247 e. The summed E-state index contributed by atoms with van der Waals surface area (Å²) in [7, 11) is 1.85. The fraction of sp³-hybridized carbons (Fsp3) is 0.467. The minimum absolute atomic E-state index is 0.0142. The Kier molecular flexibility index (Phi) is 5.16. The van der Waals surface area contributed by atoms with E-state index in [0.29, 0.717) is 36.5 Å². The number of benzene rings is 1. The van der Waals surface area contributed by atoms with Crippen molar-refractivity contribution in [2.24, 2.45) is 0 Å². The second-order valence-corrected chi connectivity index (χ2v) is 4.48. The molecule has 0 aliphatic carbocycles. The third kappa shape index (κ3) is 3.52. The van der Waals surface area contributed by atoms with Crippen molar-refractivity contribution >= 4 is 0 Å². The molecule has 6 nitrogen and oxygen atoms in total. The SMILES string of the molecule is CCOc1ccc(-c2nnc(C(C)NC)o2)cc1OCC. The summed E-state index contributed by atoms with van der Waals surface area (Å²) in [6.45, 7) is 6.98. The van der Waals surface area contributed by atoms with Crippen LogP contribution in [-0.2, 0) is 0 Å². The Balaban J connectivity index is 2.31. The largest absolute Gasteiger partial charge is 0.490 e. The number of rotatable bonds is 7. The van der Waals surface area contributed by atoms with Gasteiger partial charge in [-0.3, -0.25) is 0 Å². The van der Waals surface area contributed by atoms with E-state index in [2.05, 4.69) is 15.5 Å². The summed E-state index contributed by atoms with van der Waals surface area (Å²) in [5, 5.41) is 11.2. The first-order chi connectivity index (χ1) is 10.2. The van der Waals surface area contributed by atoms with Crippen LogP contribution < -0.4 is 14.8 Å². The van der Waals surface area contributed by atoms with E-state index >= 15 is 0 Å². The number of nitrogens with one attached hydrogen (secondary N) is 1. The van der Waals surface area contributed by atoms with Crippen LogP contribution in [-0.4, -0.2) is 30.5 Å². The van der Waals surface area contributed by atoms with Gasteiger partial charge in [0.2, 0.25) is 11.8 Å². The summed E-state index contributed by atoms with van der Waals surface area (Å²) in [5.74, 6) is 2.42. The zero-order valence-corrected chi connectivity index (χ0v) is 12.8. The van der Waals surface area contributed by atoms with Crippen molar-refractivity contribution in [1.82, 2.24) is 15.5 Å². The second-order valence-electron chi connectivity index (χ2n) is 4.48. The molecule has 1 atom stereocenters. The van der Waals surface area contributed by atoms with Gasteiger partial charge >= 0.3 is 0 Å². The van der Waals surface area contributed by atoms with Gasteiger partial charge in [-0.25, -0.2) is 0 Å². The molecule has 0 bridgehead atoms. The van der Waals surface area contributed by atoms with Gasteiger partial charge < -0.3 is 19.2 Å². The molecule has 1 aromatic heterocycles. The Morgan fingerprint density at radius 1 is 1.14 bits per heavy atom. The van der Waals surface area contributed by atoms with Crippen LogP contribution >= 0.6 is 0 Å². The van der Waals surface area contributed by atoms with Crippen LogP contribution in [0.25, 0.3) is 11.5 Å². The highest BCUT2D eigenvalue weighted by molar-refractivity contribution is 5.59. The molecule has 6 heteroatoms. The minimum Gasteiger partial charge on any atom is -0.490 e. The van der Waals surface area contributed by atoms with Crippen LogP contribution in [0.5, 0.6) is 11.5 Å². The van der Waals surface area contributed by atoms with E-state index in [4.69, 9.17) is 13.9 Å². The molecule has 2 rings (SSSR count). The molecule has 1 unspecified atom stereocenters. The van der Waals surface area contributed by atoms with Gasteiger partial charge in [0.25, 0.3) is 0 Å². The third-order valence-electron chi connectivity index (χ3n) is 3.03. The molecule has 1 N–H and O–H groups in total. The number of aromatic nitrogens is 2. The van der Waals surface area contributed by atoms with E-state index in [1.54, 1.807) is 0 Å². The van der Waals surface area contributed by atoms with Gasteiger partial charge in [0.1, 0.15) is 0 Å². The van der Waals surface area contributed by atoms with Crippen LogP contribution in [0, 0.1) is 0 Å². The molecule has 0 saturated carbocycles. The smallest absolute Gasteiger partial charge is 0.247 e. The lowest BCUT2D eigenvalue weighted by molar-refractivity contribution is 0.288. The van der Waals surface area contributed by atoms with E-state index in [1.807, 2.05) is 46.0 Å². The molecule has 0 aliphatic rings. The number of ether oxygens (including phenoxy) is 2. The normalized spacial score (nSPS) is 12.2. The highest BCUT2D eigenvalue weighted by atomic mass is 16.5. The lowest BCUT2D eigenvalue weighted by atomic mass is 10.2. The van der Waals surface area contributed by atoms with Crippen LogP contribution in [0.2, 0.25) is 0 Å². The highest BCUT2D eigenvalue weighted by Gasteiger charge is 2.15. The molecule has 114 valence electrons. The van der Waals surface area contributed by atoms with Gasteiger partial charge in [-0.2, -0.15) is 0 Å². The molecule has 0 fully saturated rings. The third-order valence-corrected chi connectivity index (χ3v) is 3.03. The quantitative estimate of drug-likeness (QED) is 0.846. The average Bonchev–Trinajstić information content (AvgIpc) is 2.98. The van der Waals surface area contributed by atoms with E-state index < -0.39 is 0 Å². The van der Waals surface area contributed by atoms with Gasteiger partial charge in [-0.1, -0.05) is 0 Å². The van der Waals surface area contributed by atoms with Crippen molar-refractivity contribution in [1.29, 1.82) is 0 Å². The van der Waals surface area contributed by atoms with Crippen LogP contribution in [0.4, 0.5) is 0 Å². The van der Waals surface area contributed by atoms with Crippen molar-refractivity contribution in [3.05, 3.63) is 24.1 Å². The monoisotopic (exact) mass is 291 g/mol. The molecular formula is C15H21N3O3. The first kappa shape index (κ1) is 15.3. The Morgan fingerprint density at radius 3 is 2.52 bits per heavy atom. The summed E-state index contributed by atoms with van der Waals surface area (Å²) in [4.78, 5) is 0. The van der Waals surface area contributed by atoms with Gasteiger partial charge in [-0.05, 0) is 46.0 Å². The van der Waals surface area contributed by atoms with Crippen molar-refractivity contribution in [3.63, 3.8) is 0 Å². The van der Waals surface area contributed by atoms with Gasteiger partial charge in [-0.15, -0.1) is 10.2 Å². The van der Waals surface area contributed by atoms with Gasteiger partial charge in [0.15, 0.2) is 11.5 Å². The lowest BCUT2D eigenvalue weighted by Gasteiger charge is -2.11. The van der Waals surface area contributed by atoms with E-state index in [-0.39, 0.29) is 6.04 Å². The number of hydrogen-bond donors (Lipinski definition) is 1. The summed E-state index contributed by atoms with van der Waals surface area (Å²) in [6, 6.07) is 5.61. The molecule has 0 amide bonds. The van der Waals surface area contributed by atoms with Crippen molar-refractivity contribution in [2.45, 2.75) is 26.8 Å². The fourth-order valence-corrected chi connectivity index (χ4v) is 1.83. The van der Waals surface area contributed by atoms with Crippen LogP contribution in [0.3, 0.4) is 0 Å². The van der Waals surface area contributed by atoms with Crippen molar-refractivity contribution < 1.29 is 13.9 Å². The molecule has 1 aromatic carbocycles. The predicted molar refractivity (Wildman–Crippen MR) is 79.5 cm³/mol. The van der Waals surface area contributed by atoms with E-state index in [9.17, 15) is 0 Å². The highest BCUT2D eigenvalue weighted by Crippen LogP contribution is 2.32. The molecular weight excluding hydrogens is 270 g/mol. The van der Waals surface area contributed by atoms with Gasteiger partial charge in [0, 0.05) is 5.56 Å². The summed E-state index contributed by atoms with van der Waals surface area (Å²) >= 11 is 0. The Morgan fingerprint density at radius 2 is 1.86 bits per heavy atom. The summed E-state index contributed by atoms with van der Waals surface area (Å²) in [6.07, 6.45) is 0. The lowest BCUT2D eigenvalue weighted by Crippen LogP contribution is -2.12. The fourth-order valence-electron chi connectivity index (χ4n) is 1.83. The molecule has 21 heavy (non-hydrogen) atoms. The Bertz CT molecular complexity index is 583. The predicted octanol–water partition coefficient (Wildman–Crippen LogP) is 2.81. The number of hydrogen-bond acceptors (Lipinski definition) is 6. The first-order valence-electron chi connectivity index (χ1n) is 7.10. The van der Waals surface area contributed by atoms with Crippen molar-refractivity contribution in [2.75, 3.05) is 20.3 Å².